The van der Waals surface area contributed by atoms with Crippen LogP contribution in [-0.4, -0.2) is 29.0 Å². The lowest BCUT2D eigenvalue weighted by molar-refractivity contribution is 0.0781. The predicted octanol–water partition coefficient (Wildman–Crippen LogP) is 5.36. The Labute approximate surface area is 213 Å². The Hall–Kier alpha value is -2.66. The van der Waals surface area contributed by atoms with E-state index in [2.05, 4.69) is 15.9 Å². The van der Waals surface area contributed by atoms with Gasteiger partial charge in [-0.25, -0.2) is 0 Å². The Bertz CT molecular complexity index is 1490. The summed E-state index contributed by atoms with van der Waals surface area (Å²) in [4.78, 5) is 0.105. The first-order valence-electron chi connectivity index (χ1n) is 10.6. The van der Waals surface area contributed by atoms with Gasteiger partial charge >= 0.3 is 10.1 Å². The lowest BCUT2D eigenvalue weighted by Crippen LogP contribution is -2.38. The largest absolute Gasteiger partial charge is 0.480 e. The first-order chi connectivity index (χ1) is 16.4. The minimum Gasteiger partial charge on any atom is -0.480 e. The van der Waals surface area contributed by atoms with Crippen molar-refractivity contribution in [1.82, 2.24) is 0 Å². The Morgan fingerprint density at radius 1 is 0.829 bits per heavy atom. The smallest absolute Gasteiger partial charge is 0.339 e. The van der Waals surface area contributed by atoms with Crippen molar-refractivity contribution in [3.63, 3.8) is 0 Å². The third-order valence-corrected chi connectivity index (χ3v) is 8.50. The molecular formula is C25H23BrO7S2. The van der Waals surface area contributed by atoms with Crippen molar-refractivity contribution in [3.8, 4) is 11.5 Å². The summed E-state index contributed by atoms with van der Waals surface area (Å²) >= 11 is 3.47. The van der Waals surface area contributed by atoms with Gasteiger partial charge in [-0.15, -0.1) is 0 Å². The third kappa shape index (κ3) is 5.78. The van der Waals surface area contributed by atoms with E-state index in [0.717, 1.165) is 11.1 Å². The highest BCUT2D eigenvalue weighted by molar-refractivity contribution is 9.15. The van der Waals surface area contributed by atoms with Crippen LogP contribution in [0.4, 0.5) is 0 Å². The van der Waals surface area contributed by atoms with Gasteiger partial charge in [0.15, 0.2) is 5.60 Å². The standard InChI is InChI=1S/C25H23BrO7S2/c1-17-4-9-20(10-5-17)34(27,28)31-16-25(3)15-23(26)22-14-19(8-13-24(22)32-25)33-35(29,30)21-11-6-18(2)7-12-21/h4-15H,16H2,1-3H3/t25-/m0/s1. The summed E-state index contributed by atoms with van der Waals surface area (Å²) in [6, 6.07) is 17.3. The van der Waals surface area contributed by atoms with Gasteiger partial charge in [-0.05, 0) is 69.3 Å². The molecule has 1 aliphatic heterocycles. The fourth-order valence-corrected chi connectivity index (χ4v) is 6.09. The number of hydrogen-bond acceptors (Lipinski definition) is 7. The van der Waals surface area contributed by atoms with E-state index in [4.69, 9.17) is 13.1 Å². The molecule has 0 fully saturated rings. The van der Waals surface area contributed by atoms with Gasteiger partial charge in [-0.2, -0.15) is 16.8 Å². The molecule has 3 aromatic rings. The number of halogens is 1. The highest BCUT2D eigenvalue weighted by Gasteiger charge is 2.33. The Morgan fingerprint density at radius 3 is 1.94 bits per heavy atom. The van der Waals surface area contributed by atoms with Gasteiger partial charge in [-0.3, -0.25) is 4.18 Å². The van der Waals surface area contributed by atoms with E-state index >= 15 is 0 Å². The molecule has 35 heavy (non-hydrogen) atoms. The molecule has 0 N–H and O–H groups in total. The second-order valence-corrected chi connectivity index (χ2v) is 12.5. The van der Waals surface area contributed by atoms with E-state index < -0.39 is 25.8 Å². The maximum atomic E-state index is 12.6. The normalized spacial score (nSPS) is 17.8. The fourth-order valence-electron chi connectivity index (χ4n) is 3.38. The van der Waals surface area contributed by atoms with Crippen LogP contribution in [0.25, 0.3) is 4.48 Å². The number of aryl methyl sites for hydroxylation is 2. The molecule has 0 saturated heterocycles. The van der Waals surface area contributed by atoms with Crippen LogP contribution in [-0.2, 0) is 24.4 Å². The molecule has 0 saturated carbocycles. The fraction of sp³-hybridized carbons (Fsp3) is 0.200. The van der Waals surface area contributed by atoms with Crippen molar-refractivity contribution in [2.45, 2.75) is 36.2 Å². The van der Waals surface area contributed by atoms with Gasteiger partial charge < -0.3 is 8.92 Å². The molecule has 1 heterocycles. The van der Waals surface area contributed by atoms with Crippen LogP contribution >= 0.6 is 15.9 Å². The first kappa shape index (κ1) is 25.4. The van der Waals surface area contributed by atoms with E-state index in [1.54, 1.807) is 43.3 Å². The summed E-state index contributed by atoms with van der Waals surface area (Å²) in [5, 5.41) is 0. The van der Waals surface area contributed by atoms with Crippen LogP contribution in [0.1, 0.15) is 23.6 Å². The lowest BCUT2D eigenvalue weighted by Gasteiger charge is -2.32. The molecule has 0 unspecified atom stereocenters. The van der Waals surface area contributed by atoms with Crippen molar-refractivity contribution in [3.05, 3.63) is 89.5 Å². The summed E-state index contributed by atoms with van der Waals surface area (Å²) < 4.78 is 67.6. The zero-order valence-electron chi connectivity index (χ0n) is 19.2. The van der Waals surface area contributed by atoms with Gasteiger partial charge in [0.2, 0.25) is 0 Å². The molecule has 0 aliphatic carbocycles. The average molecular weight is 579 g/mol. The number of benzene rings is 3. The Kier molecular flexibility index (Phi) is 6.85. The maximum Gasteiger partial charge on any atom is 0.339 e. The quantitative estimate of drug-likeness (QED) is 0.348. The minimum atomic E-state index is -4.01. The molecule has 0 aromatic heterocycles. The molecule has 0 amide bonds. The second kappa shape index (κ2) is 9.42. The van der Waals surface area contributed by atoms with E-state index in [0.29, 0.717) is 15.8 Å². The summed E-state index contributed by atoms with van der Waals surface area (Å²) in [5.74, 6) is 0.526. The number of ether oxygens (including phenoxy) is 1. The monoisotopic (exact) mass is 578 g/mol. The molecule has 1 atom stereocenters. The molecule has 7 nitrogen and oxygen atoms in total. The highest BCUT2D eigenvalue weighted by Crippen LogP contribution is 2.41. The minimum absolute atomic E-state index is 0.0474. The van der Waals surface area contributed by atoms with Gasteiger partial charge in [0.25, 0.3) is 10.1 Å². The van der Waals surface area contributed by atoms with E-state index in [1.165, 1.54) is 36.4 Å². The molecule has 0 radical (unpaired) electrons. The average Bonchev–Trinajstić information content (AvgIpc) is 2.79. The van der Waals surface area contributed by atoms with Gasteiger partial charge in [0.05, 0.1) is 4.90 Å². The highest BCUT2D eigenvalue weighted by atomic mass is 79.9. The topological polar surface area (TPSA) is 96.0 Å². The zero-order valence-corrected chi connectivity index (χ0v) is 22.4. The Morgan fingerprint density at radius 2 is 1.37 bits per heavy atom. The summed E-state index contributed by atoms with van der Waals surface area (Å²) in [5.41, 5.74) is 1.33. The lowest BCUT2D eigenvalue weighted by atomic mass is 10.0. The van der Waals surface area contributed by atoms with Gasteiger partial charge in [0, 0.05) is 10.0 Å². The molecule has 0 bridgehead atoms. The summed E-state index contributed by atoms with van der Waals surface area (Å²) in [6.45, 7) is 5.15. The Balaban J connectivity index is 1.52. The summed E-state index contributed by atoms with van der Waals surface area (Å²) in [7, 11) is -7.99. The molecular weight excluding hydrogens is 556 g/mol. The molecule has 184 valence electrons. The maximum absolute atomic E-state index is 12.6. The second-order valence-electron chi connectivity index (χ2n) is 8.44. The van der Waals surface area contributed by atoms with Crippen LogP contribution in [0.2, 0.25) is 0 Å². The molecule has 1 aliphatic rings. The summed E-state index contributed by atoms with van der Waals surface area (Å²) in [6.07, 6.45) is 1.66. The first-order valence-corrected chi connectivity index (χ1v) is 14.2. The van der Waals surface area contributed by atoms with Crippen molar-refractivity contribution < 1.29 is 29.9 Å². The van der Waals surface area contributed by atoms with Gasteiger partial charge in [-0.1, -0.05) is 51.3 Å². The van der Waals surface area contributed by atoms with Crippen LogP contribution in [0.15, 0.2) is 82.6 Å². The number of rotatable bonds is 7. The molecule has 0 spiro atoms. The zero-order chi connectivity index (χ0) is 25.4. The van der Waals surface area contributed by atoms with Crippen molar-refractivity contribution in [2.75, 3.05) is 6.61 Å². The third-order valence-electron chi connectivity index (χ3n) is 5.31. The van der Waals surface area contributed by atoms with Crippen LogP contribution in [0, 0.1) is 13.8 Å². The van der Waals surface area contributed by atoms with Crippen LogP contribution in [0.5, 0.6) is 11.5 Å². The molecule has 3 aromatic carbocycles. The van der Waals surface area contributed by atoms with Gasteiger partial charge in [0.1, 0.15) is 23.0 Å². The van der Waals surface area contributed by atoms with E-state index in [9.17, 15) is 16.8 Å². The SMILES string of the molecule is Cc1ccc(S(=O)(=O)OC[C@]2(C)C=C(Br)c3cc(OS(=O)(=O)c4ccc(C)cc4)ccc3O2)cc1. The van der Waals surface area contributed by atoms with Crippen LogP contribution in [0.3, 0.4) is 0 Å². The molecule has 10 heteroatoms. The van der Waals surface area contributed by atoms with E-state index in [1.807, 2.05) is 13.8 Å². The van der Waals surface area contributed by atoms with Crippen LogP contribution < -0.4 is 8.92 Å². The van der Waals surface area contributed by atoms with Crippen molar-refractivity contribution >= 4 is 40.6 Å². The van der Waals surface area contributed by atoms with Crippen molar-refractivity contribution in [1.29, 1.82) is 0 Å². The number of hydrogen-bond donors (Lipinski definition) is 0. The van der Waals surface area contributed by atoms with Crippen molar-refractivity contribution in [2.24, 2.45) is 0 Å². The number of fused-ring (bicyclic) bond motifs is 1. The molecule has 4 rings (SSSR count). The van der Waals surface area contributed by atoms with E-state index in [-0.39, 0.29) is 22.1 Å². The predicted molar refractivity (Wildman–Crippen MR) is 136 cm³/mol.